The van der Waals surface area contributed by atoms with Gasteiger partial charge < -0.3 is 4.90 Å². The van der Waals surface area contributed by atoms with E-state index < -0.39 is 0 Å². The van der Waals surface area contributed by atoms with E-state index in [0.717, 1.165) is 25.8 Å². The average molecular weight is 235 g/mol. The molecule has 1 fully saturated rings. The molecule has 1 saturated carbocycles. The Hall–Kier alpha value is -1.38. The van der Waals surface area contributed by atoms with E-state index in [2.05, 4.69) is 11.8 Å². The zero-order valence-electron chi connectivity index (χ0n) is 10.4. The van der Waals surface area contributed by atoms with Crippen LogP contribution in [0.4, 0.5) is 10.1 Å². The smallest absolute Gasteiger partial charge is 0.159 e. The van der Waals surface area contributed by atoms with Gasteiger partial charge in [0, 0.05) is 18.2 Å². The van der Waals surface area contributed by atoms with Crippen molar-refractivity contribution in [3.63, 3.8) is 0 Å². The summed E-state index contributed by atoms with van der Waals surface area (Å²) in [6.45, 7) is 4.43. The molecule has 0 amide bonds. The van der Waals surface area contributed by atoms with Crippen LogP contribution < -0.4 is 4.90 Å². The second kappa shape index (κ2) is 4.86. The third kappa shape index (κ3) is 2.65. The number of halogens is 1. The summed E-state index contributed by atoms with van der Waals surface area (Å²) in [6.07, 6.45) is 3.30. The molecule has 0 heterocycles. The van der Waals surface area contributed by atoms with Crippen molar-refractivity contribution < 1.29 is 9.18 Å². The summed E-state index contributed by atoms with van der Waals surface area (Å²) in [5, 5.41) is 0. The van der Waals surface area contributed by atoms with Gasteiger partial charge in [-0.3, -0.25) is 4.79 Å². The first-order valence-electron chi connectivity index (χ1n) is 6.20. The van der Waals surface area contributed by atoms with Gasteiger partial charge in [-0.2, -0.15) is 0 Å². The largest absolute Gasteiger partial charge is 0.366 e. The first kappa shape index (κ1) is 12.1. The maximum absolute atomic E-state index is 14.0. The molecule has 0 aromatic heterocycles. The highest BCUT2D eigenvalue weighted by molar-refractivity contribution is 5.94. The summed E-state index contributed by atoms with van der Waals surface area (Å²) < 4.78 is 14.0. The first-order valence-corrected chi connectivity index (χ1v) is 6.20. The van der Waals surface area contributed by atoms with Crippen LogP contribution in [0.1, 0.15) is 43.5 Å². The van der Waals surface area contributed by atoms with Crippen LogP contribution in [0.5, 0.6) is 0 Å². The summed E-state index contributed by atoms with van der Waals surface area (Å²) in [4.78, 5) is 13.3. The molecule has 0 N–H and O–H groups in total. The summed E-state index contributed by atoms with van der Waals surface area (Å²) in [5.41, 5.74) is 1.08. The number of carbonyl (C=O) groups is 1. The van der Waals surface area contributed by atoms with Crippen molar-refractivity contribution in [1.29, 1.82) is 0 Å². The molecule has 1 aromatic carbocycles. The maximum Gasteiger partial charge on any atom is 0.159 e. The van der Waals surface area contributed by atoms with Crippen molar-refractivity contribution in [2.75, 3.05) is 11.4 Å². The lowest BCUT2D eigenvalue weighted by atomic mass is 10.1. The Morgan fingerprint density at radius 1 is 1.47 bits per heavy atom. The van der Waals surface area contributed by atoms with Crippen molar-refractivity contribution in [1.82, 2.24) is 0 Å². The molecule has 2 rings (SSSR count). The van der Waals surface area contributed by atoms with E-state index in [4.69, 9.17) is 0 Å². The van der Waals surface area contributed by atoms with E-state index in [9.17, 15) is 9.18 Å². The second-order valence-electron chi connectivity index (χ2n) is 4.65. The van der Waals surface area contributed by atoms with Crippen LogP contribution in [0.25, 0.3) is 0 Å². The molecule has 17 heavy (non-hydrogen) atoms. The summed E-state index contributed by atoms with van der Waals surface area (Å²) >= 11 is 0. The molecule has 2 nitrogen and oxygen atoms in total. The van der Waals surface area contributed by atoms with Gasteiger partial charge in [-0.1, -0.05) is 6.92 Å². The number of hydrogen-bond acceptors (Lipinski definition) is 2. The Morgan fingerprint density at radius 2 is 2.18 bits per heavy atom. The third-order valence-electron chi connectivity index (χ3n) is 3.12. The predicted molar refractivity (Wildman–Crippen MR) is 67.1 cm³/mol. The van der Waals surface area contributed by atoms with E-state index in [1.54, 1.807) is 12.1 Å². The molecule has 1 aliphatic rings. The number of benzene rings is 1. The monoisotopic (exact) mass is 235 g/mol. The molecule has 0 spiro atoms. The van der Waals surface area contributed by atoms with E-state index in [1.807, 2.05) is 0 Å². The summed E-state index contributed by atoms with van der Waals surface area (Å²) in [7, 11) is 0. The molecular weight excluding hydrogens is 217 g/mol. The Balaban J connectivity index is 2.27. The normalized spacial score (nSPS) is 14.8. The Bertz CT molecular complexity index is 426. The number of ketones is 1. The van der Waals surface area contributed by atoms with Gasteiger partial charge in [0.1, 0.15) is 5.82 Å². The highest BCUT2D eigenvalue weighted by Crippen LogP contribution is 2.33. The minimum Gasteiger partial charge on any atom is -0.366 e. The number of nitrogens with zero attached hydrogens (tertiary/aromatic N) is 1. The van der Waals surface area contributed by atoms with Crippen LogP contribution in [-0.2, 0) is 0 Å². The fourth-order valence-corrected chi connectivity index (χ4v) is 2.09. The van der Waals surface area contributed by atoms with Crippen molar-refractivity contribution in [2.45, 2.75) is 39.2 Å². The standard InChI is InChI=1S/C14H18FNO/c1-3-8-16(12-5-6-12)14-7-4-11(10(2)17)9-13(14)15/h4,7,9,12H,3,5-6,8H2,1-2H3. The average Bonchev–Trinajstić information content (AvgIpc) is 3.10. The number of Topliss-reactive ketones (excluding diaryl/α,β-unsaturated/α-hetero) is 1. The van der Waals surface area contributed by atoms with Gasteiger partial charge in [-0.25, -0.2) is 4.39 Å². The number of rotatable bonds is 5. The number of anilines is 1. The van der Waals surface area contributed by atoms with Gasteiger partial charge in [0.25, 0.3) is 0 Å². The van der Waals surface area contributed by atoms with Crippen LogP contribution in [0.3, 0.4) is 0 Å². The Kier molecular flexibility index (Phi) is 3.46. The van der Waals surface area contributed by atoms with E-state index in [1.165, 1.54) is 13.0 Å². The molecule has 0 unspecified atom stereocenters. The van der Waals surface area contributed by atoms with Gasteiger partial charge in [-0.05, 0) is 44.4 Å². The number of carbonyl (C=O) groups excluding carboxylic acids is 1. The van der Waals surface area contributed by atoms with Gasteiger partial charge in [0.2, 0.25) is 0 Å². The second-order valence-corrected chi connectivity index (χ2v) is 4.65. The van der Waals surface area contributed by atoms with Crippen LogP contribution >= 0.6 is 0 Å². The Labute approximate surface area is 101 Å². The lowest BCUT2D eigenvalue weighted by molar-refractivity contribution is 0.101. The van der Waals surface area contributed by atoms with Crippen LogP contribution in [0, 0.1) is 5.82 Å². The highest BCUT2D eigenvalue weighted by Gasteiger charge is 2.30. The van der Waals surface area contributed by atoms with Gasteiger partial charge in [0.05, 0.1) is 5.69 Å². The molecule has 0 atom stereocenters. The van der Waals surface area contributed by atoms with E-state index in [-0.39, 0.29) is 11.6 Å². The first-order chi connectivity index (χ1) is 8.13. The maximum atomic E-state index is 14.0. The molecule has 1 aliphatic carbocycles. The van der Waals surface area contributed by atoms with E-state index in [0.29, 0.717) is 17.3 Å². The summed E-state index contributed by atoms with van der Waals surface area (Å²) in [5.74, 6) is -0.373. The minimum atomic E-state index is -0.280. The molecule has 0 radical (unpaired) electrons. The highest BCUT2D eigenvalue weighted by atomic mass is 19.1. The van der Waals surface area contributed by atoms with Crippen molar-refractivity contribution in [3.8, 4) is 0 Å². The van der Waals surface area contributed by atoms with Gasteiger partial charge >= 0.3 is 0 Å². The van der Waals surface area contributed by atoms with E-state index >= 15 is 0 Å². The SMILES string of the molecule is CCCN(c1ccc(C(C)=O)cc1F)C1CC1. The summed E-state index contributed by atoms with van der Waals surface area (Å²) in [6, 6.07) is 5.29. The van der Waals surface area contributed by atoms with Crippen LogP contribution in [-0.4, -0.2) is 18.4 Å². The van der Waals surface area contributed by atoms with Crippen molar-refractivity contribution in [2.24, 2.45) is 0 Å². The lowest BCUT2D eigenvalue weighted by Crippen LogP contribution is -2.27. The third-order valence-corrected chi connectivity index (χ3v) is 3.12. The molecule has 1 aromatic rings. The molecule has 0 aliphatic heterocycles. The van der Waals surface area contributed by atoms with Crippen LogP contribution in [0.15, 0.2) is 18.2 Å². The fourth-order valence-electron chi connectivity index (χ4n) is 2.09. The molecule has 92 valence electrons. The van der Waals surface area contributed by atoms with Crippen molar-refractivity contribution >= 4 is 11.5 Å². The molecular formula is C14H18FNO. The zero-order valence-corrected chi connectivity index (χ0v) is 10.4. The van der Waals surface area contributed by atoms with Crippen molar-refractivity contribution in [3.05, 3.63) is 29.6 Å². The van der Waals surface area contributed by atoms with Crippen LogP contribution in [0.2, 0.25) is 0 Å². The number of hydrogen-bond donors (Lipinski definition) is 0. The Morgan fingerprint density at radius 3 is 2.65 bits per heavy atom. The predicted octanol–water partition coefficient (Wildman–Crippen LogP) is 3.41. The topological polar surface area (TPSA) is 20.3 Å². The van der Waals surface area contributed by atoms with Gasteiger partial charge in [0.15, 0.2) is 5.78 Å². The zero-order chi connectivity index (χ0) is 12.4. The minimum absolute atomic E-state index is 0.0936. The lowest BCUT2D eigenvalue weighted by Gasteiger charge is -2.24. The molecule has 0 saturated heterocycles. The van der Waals surface area contributed by atoms with Gasteiger partial charge in [-0.15, -0.1) is 0 Å². The fraction of sp³-hybridized carbons (Fsp3) is 0.500. The molecule has 3 heteroatoms. The molecule has 0 bridgehead atoms. The quantitative estimate of drug-likeness (QED) is 0.729.